The fourth-order valence-corrected chi connectivity index (χ4v) is 2.42. The molecule has 19 heavy (non-hydrogen) atoms. The van der Waals surface area contributed by atoms with Gasteiger partial charge in [0, 0.05) is 6.54 Å². The number of nitrogens with two attached hydrogens (primary N) is 1. The topological polar surface area (TPSA) is 55.9 Å². The lowest BCUT2D eigenvalue weighted by Gasteiger charge is -2.17. The van der Waals surface area contributed by atoms with Gasteiger partial charge in [-0.05, 0) is 38.8 Å². The van der Waals surface area contributed by atoms with Crippen molar-refractivity contribution in [1.82, 2.24) is 15.2 Å². The normalized spacial score (nSPS) is 12.6. The van der Waals surface area contributed by atoms with Gasteiger partial charge in [-0.3, -0.25) is 16.0 Å². The molecule has 4 nitrogen and oxygen atoms in total. The molecule has 0 bridgehead atoms. The van der Waals surface area contributed by atoms with Crippen LogP contribution in [0.5, 0.6) is 0 Å². The Labute approximate surface area is 114 Å². The van der Waals surface area contributed by atoms with E-state index in [0.717, 1.165) is 24.4 Å². The zero-order valence-corrected chi connectivity index (χ0v) is 11.9. The molecule has 2 rings (SSSR count). The number of benzene rings is 1. The summed E-state index contributed by atoms with van der Waals surface area (Å²) in [5, 5.41) is 4.48. The highest BCUT2D eigenvalue weighted by Crippen LogP contribution is 2.19. The SMILES string of the molecule is CCn1nc(C)cc1C(Cc1cccc(C)c1)NN. The second-order valence-corrected chi connectivity index (χ2v) is 4.94. The highest BCUT2D eigenvalue weighted by Gasteiger charge is 2.16. The van der Waals surface area contributed by atoms with E-state index in [1.165, 1.54) is 11.1 Å². The molecule has 3 N–H and O–H groups in total. The van der Waals surface area contributed by atoms with E-state index in [1.54, 1.807) is 0 Å². The standard InChI is InChI=1S/C15H22N4/c1-4-19-15(9-12(3)18-19)14(17-16)10-13-7-5-6-11(2)8-13/h5-9,14,17H,4,10,16H2,1-3H3. The largest absolute Gasteiger partial charge is 0.271 e. The van der Waals surface area contributed by atoms with Crippen molar-refractivity contribution in [1.29, 1.82) is 0 Å². The number of aromatic nitrogens is 2. The number of hydrazine groups is 1. The molecule has 1 heterocycles. The van der Waals surface area contributed by atoms with E-state index < -0.39 is 0 Å². The molecular formula is C15H22N4. The van der Waals surface area contributed by atoms with Crippen LogP contribution in [0, 0.1) is 13.8 Å². The van der Waals surface area contributed by atoms with Gasteiger partial charge < -0.3 is 0 Å². The Morgan fingerprint density at radius 2 is 2.11 bits per heavy atom. The van der Waals surface area contributed by atoms with Gasteiger partial charge in [-0.2, -0.15) is 5.10 Å². The molecule has 1 unspecified atom stereocenters. The fourth-order valence-electron chi connectivity index (χ4n) is 2.42. The first-order valence-electron chi connectivity index (χ1n) is 6.70. The molecule has 0 radical (unpaired) electrons. The predicted molar refractivity (Wildman–Crippen MR) is 77.6 cm³/mol. The van der Waals surface area contributed by atoms with Gasteiger partial charge in [-0.1, -0.05) is 29.8 Å². The Balaban J connectivity index is 2.24. The van der Waals surface area contributed by atoms with Crippen LogP contribution in [-0.4, -0.2) is 9.78 Å². The summed E-state index contributed by atoms with van der Waals surface area (Å²) in [7, 11) is 0. The van der Waals surface area contributed by atoms with Crippen LogP contribution < -0.4 is 11.3 Å². The van der Waals surface area contributed by atoms with Gasteiger partial charge in [0.25, 0.3) is 0 Å². The van der Waals surface area contributed by atoms with Crippen molar-refractivity contribution in [3.05, 3.63) is 52.8 Å². The maximum atomic E-state index is 5.73. The van der Waals surface area contributed by atoms with Crippen LogP contribution in [0.25, 0.3) is 0 Å². The summed E-state index contributed by atoms with van der Waals surface area (Å²) < 4.78 is 2.01. The van der Waals surface area contributed by atoms with Gasteiger partial charge in [-0.15, -0.1) is 0 Å². The van der Waals surface area contributed by atoms with Crippen molar-refractivity contribution in [3.63, 3.8) is 0 Å². The molecule has 0 amide bonds. The van der Waals surface area contributed by atoms with Crippen LogP contribution in [0.2, 0.25) is 0 Å². The summed E-state index contributed by atoms with van der Waals surface area (Å²) in [5.74, 6) is 5.73. The Hall–Kier alpha value is -1.65. The number of hydrogen-bond acceptors (Lipinski definition) is 3. The van der Waals surface area contributed by atoms with Gasteiger partial charge in [0.05, 0.1) is 17.4 Å². The lowest BCUT2D eigenvalue weighted by molar-refractivity contribution is 0.490. The average Bonchev–Trinajstić information content (AvgIpc) is 2.77. The van der Waals surface area contributed by atoms with Crippen LogP contribution in [0.1, 0.15) is 35.5 Å². The molecule has 0 spiro atoms. The molecule has 2 aromatic rings. The number of aryl methyl sites for hydroxylation is 3. The summed E-state index contributed by atoms with van der Waals surface area (Å²) >= 11 is 0. The van der Waals surface area contributed by atoms with Crippen LogP contribution in [0.4, 0.5) is 0 Å². The van der Waals surface area contributed by atoms with E-state index in [9.17, 15) is 0 Å². The monoisotopic (exact) mass is 258 g/mol. The molecule has 0 aliphatic carbocycles. The van der Waals surface area contributed by atoms with Crippen LogP contribution >= 0.6 is 0 Å². The van der Waals surface area contributed by atoms with Crippen LogP contribution in [0.3, 0.4) is 0 Å². The smallest absolute Gasteiger partial charge is 0.0669 e. The number of rotatable bonds is 5. The highest BCUT2D eigenvalue weighted by atomic mass is 15.3. The third-order valence-corrected chi connectivity index (χ3v) is 3.31. The van der Waals surface area contributed by atoms with Crippen LogP contribution in [0.15, 0.2) is 30.3 Å². The molecule has 0 saturated carbocycles. The summed E-state index contributed by atoms with van der Waals surface area (Å²) in [4.78, 5) is 0. The third-order valence-electron chi connectivity index (χ3n) is 3.31. The Morgan fingerprint density at radius 1 is 1.32 bits per heavy atom. The van der Waals surface area contributed by atoms with Crippen molar-refractivity contribution in [2.75, 3.05) is 0 Å². The second kappa shape index (κ2) is 5.99. The predicted octanol–water partition coefficient (Wildman–Crippen LogP) is 2.27. The van der Waals surface area contributed by atoms with Crippen molar-refractivity contribution >= 4 is 0 Å². The summed E-state index contributed by atoms with van der Waals surface area (Å²) in [5.41, 5.74) is 7.64. The summed E-state index contributed by atoms with van der Waals surface area (Å²) in [6.45, 7) is 7.07. The first-order chi connectivity index (χ1) is 9.13. The first-order valence-corrected chi connectivity index (χ1v) is 6.70. The Morgan fingerprint density at radius 3 is 2.74 bits per heavy atom. The van der Waals surface area contributed by atoms with E-state index in [-0.39, 0.29) is 6.04 Å². The Bertz CT molecular complexity index is 545. The molecule has 0 aliphatic heterocycles. The zero-order valence-electron chi connectivity index (χ0n) is 11.9. The van der Waals surface area contributed by atoms with Crippen LogP contribution in [-0.2, 0) is 13.0 Å². The second-order valence-electron chi connectivity index (χ2n) is 4.94. The van der Waals surface area contributed by atoms with Gasteiger partial charge >= 0.3 is 0 Å². The van der Waals surface area contributed by atoms with E-state index >= 15 is 0 Å². The summed E-state index contributed by atoms with van der Waals surface area (Å²) in [6, 6.07) is 10.7. The van der Waals surface area contributed by atoms with Gasteiger partial charge in [0.2, 0.25) is 0 Å². The molecule has 1 aromatic heterocycles. The minimum absolute atomic E-state index is 0.0861. The third kappa shape index (κ3) is 3.22. The average molecular weight is 258 g/mol. The van der Waals surface area contributed by atoms with E-state index in [1.807, 2.05) is 11.6 Å². The highest BCUT2D eigenvalue weighted by molar-refractivity contribution is 5.25. The minimum atomic E-state index is 0.0861. The summed E-state index contributed by atoms with van der Waals surface area (Å²) in [6.07, 6.45) is 0.864. The molecule has 4 heteroatoms. The van der Waals surface area contributed by atoms with Gasteiger partial charge in [-0.25, -0.2) is 0 Å². The molecule has 1 atom stereocenters. The molecule has 0 fully saturated rings. The lowest BCUT2D eigenvalue weighted by Crippen LogP contribution is -2.31. The van der Waals surface area contributed by atoms with Crippen molar-refractivity contribution in [3.8, 4) is 0 Å². The van der Waals surface area contributed by atoms with Crippen molar-refractivity contribution in [2.24, 2.45) is 5.84 Å². The minimum Gasteiger partial charge on any atom is -0.271 e. The molecule has 102 valence electrons. The first kappa shape index (κ1) is 13.8. The Kier molecular flexibility index (Phi) is 4.35. The maximum Gasteiger partial charge on any atom is 0.0669 e. The number of hydrogen-bond donors (Lipinski definition) is 2. The van der Waals surface area contributed by atoms with Crippen molar-refractivity contribution < 1.29 is 0 Å². The molecular weight excluding hydrogens is 236 g/mol. The maximum absolute atomic E-state index is 5.73. The van der Waals surface area contributed by atoms with Crippen molar-refractivity contribution in [2.45, 2.75) is 39.8 Å². The van der Waals surface area contributed by atoms with E-state index in [0.29, 0.717) is 0 Å². The number of nitrogens with one attached hydrogen (secondary N) is 1. The number of nitrogens with zero attached hydrogens (tertiary/aromatic N) is 2. The fraction of sp³-hybridized carbons (Fsp3) is 0.400. The molecule has 0 saturated heterocycles. The zero-order chi connectivity index (χ0) is 13.8. The molecule has 0 aliphatic rings. The van der Waals surface area contributed by atoms with E-state index in [2.05, 4.69) is 54.7 Å². The molecule has 1 aromatic carbocycles. The quantitative estimate of drug-likeness (QED) is 0.639. The van der Waals surface area contributed by atoms with Gasteiger partial charge in [0.15, 0.2) is 0 Å². The van der Waals surface area contributed by atoms with E-state index in [4.69, 9.17) is 5.84 Å². The van der Waals surface area contributed by atoms with Gasteiger partial charge in [0.1, 0.15) is 0 Å². The lowest BCUT2D eigenvalue weighted by atomic mass is 10.0.